The van der Waals surface area contributed by atoms with Crippen LogP contribution in [0.3, 0.4) is 0 Å². The zero-order valence-corrected chi connectivity index (χ0v) is 21.7. The number of halogens is 1. The van der Waals surface area contributed by atoms with E-state index in [0.717, 1.165) is 79.3 Å². The lowest BCUT2D eigenvalue weighted by molar-refractivity contribution is -0.128. The van der Waals surface area contributed by atoms with E-state index in [1.165, 1.54) is 12.1 Å². The average Bonchev–Trinajstić information content (AvgIpc) is 3.22. The van der Waals surface area contributed by atoms with Crippen LogP contribution in [-0.2, 0) is 11.3 Å². The van der Waals surface area contributed by atoms with Crippen LogP contribution in [0.25, 0.3) is 11.1 Å². The van der Waals surface area contributed by atoms with Crippen molar-refractivity contribution >= 4 is 11.6 Å². The molecule has 2 aliphatic heterocycles. The van der Waals surface area contributed by atoms with Gasteiger partial charge in [-0.3, -0.25) is 9.69 Å². The van der Waals surface area contributed by atoms with Gasteiger partial charge in [-0.25, -0.2) is 4.39 Å². The first-order valence-electron chi connectivity index (χ1n) is 13.3. The third kappa shape index (κ3) is 5.21. The third-order valence-corrected chi connectivity index (χ3v) is 7.66. The monoisotopic (exact) mass is 502 g/mol. The number of hydrogen-bond donors (Lipinski definition) is 0. The van der Waals surface area contributed by atoms with Crippen molar-refractivity contribution in [3.05, 3.63) is 78.1 Å². The van der Waals surface area contributed by atoms with Crippen molar-refractivity contribution < 1.29 is 18.7 Å². The zero-order chi connectivity index (χ0) is 25.8. The molecule has 3 aromatic carbocycles. The Hall–Kier alpha value is -3.38. The Kier molecular flexibility index (Phi) is 7.47. The van der Waals surface area contributed by atoms with E-state index in [2.05, 4.69) is 17.0 Å². The second kappa shape index (κ2) is 10.9. The number of ether oxygens (including phenoxy) is 2. The quantitative estimate of drug-likeness (QED) is 0.362. The van der Waals surface area contributed by atoms with Crippen LogP contribution < -0.4 is 14.4 Å². The molecule has 194 valence electrons. The Labute approximate surface area is 218 Å². The molecule has 0 saturated carbocycles. The minimum absolute atomic E-state index is 0.244. The van der Waals surface area contributed by atoms with E-state index in [-0.39, 0.29) is 17.1 Å². The van der Waals surface area contributed by atoms with Gasteiger partial charge in [-0.05, 0) is 93.7 Å². The number of benzene rings is 3. The van der Waals surface area contributed by atoms with Crippen LogP contribution in [0.2, 0.25) is 0 Å². The molecular weight excluding hydrogens is 467 g/mol. The van der Waals surface area contributed by atoms with Crippen LogP contribution in [0.15, 0.2) is 66.7 Å². The van der Waals surface area contributed by atoms with Gasteiger partial charge >= 0.3 is 0 Å². The summed E-state index contributed by atoms with van der Waals surface area (Å²) in [4.78, 5) is 17.8. The summed E-state index contributed by atoms with van der Waals surface area (Å²) in [5, 5.41) is 0. The molecule has 2 fully saturated rings. The Morgan fingerprint density at radius 1 is 0.838 bits per heavy atom. The molecule has 1 spiro atoms. The number of amides is 1. The molecule has 0 aliphatic carbocycles. The summed E-state index contributed by atoms with van der Waals surface area (Å²) in [7, 11) is 0. The number of carbonyl (C=O) groups is 1. The molecule has 0 atom stereocenters. The summed E-state index contributed by atoms with van der Waals surface area (Å²) in [5.41, 5.74) is 3.58. The normalized spacial score (nSPS) is 17.4. The van der Waals surface area contributed by atoms with Crippen LogP contribution >= 0.6 is 0 Å². The van der Waals surface area contributed by atoms with E-state index in [9.17, 15) is 9.18 Å². The van der Waals surface area contributed by atoms with Crippen LogP contribution in [0.4, 0.5) is 10.1 Å². The molecule has 0 bridgehead atoms. The van der Waals surface area contributed by atoms with Crippen molar-refractivity contribution in [2.24, 2.45) is 5.41 Å². The summed E-state index contributed by atoms with van der Waals surface area (Å²) in [5.74, 6) is 1.49. The topological polar surface area (TPSA) is 42.0 Å². The average molecular weight is 503 g/mol. The van der Waals surface area contributed by atoms with Crippen molar-refractivity contribution in [2.75, 3.05) is 37.7 Å². The van der Waals surface area contributed by atoms with Crippen molar-refractivity contribution in [2.45, 2.75) is 39.7 Å². The highest BCUT2D eigenvalue weighted by molar-refractivity contribution is 6.00. The molecular formula is C31H35FN2O3. The SMILES string of the molecule is CCOc1cc(CN2CCC3(CC2)CCN(c2ccccc2)C3=O)cc(OCC)c1-c1ccc(F)cc1. The minimum Gasteiger partial charge on any atom is -0.493 e. The fourth-order valence-electron chi connectivity index (χ4n) is 5.71. The van der Waals surface area contributed by atoms with E-state index in [4.69, 9.17) is 9.47 Å². The molecule has 1 amide bonds. The number of anilines is 1. The first-order valence-corrected chi connectivity index (χ1v) is 13.3. The minimum atomic E-state index is -0.271. The van der Waals surface area contributed by atoms with Gasteiger partial charge in [0.05, 0.1) is 24.2 Å². The van der Waals surface area contributed by atoms with Crippen molar-refractivity contribution in [1.82, 2.24) is 4.90 Å². The van der Waals surface area contributed by atoms with E-state index in [1.807, 2.05) is 49.1 Å². The summed E-state index contributed by atoms with van der Waals surface area (Å²) < 4.78 is 25.7. The maximum Gasteiger partial charge on any atom is 0.233 e. The van der Waals surface area contributed by atoms with Crippen LogP contribution in [0.1, 0.15) is 38.7 Å². The Morgan fingerprint density at radius 3 is 2.03 bits per heavy atom. The number of piperidine rings is 1. The van der Waals surface area contributed by atoms with Crippen LogP contribution in [-0.4, -0.2) is 43.7 Å². The number of rotatable bonds is 8. The van der Waals surface area contributed by atoms with Gasteiger partial charge in [0.2, 0.25) is 5.91 Å². The van der Waals surface area contributed by atoms with Crippen LogP contribution in [0, 0.1) is 11.2 Å². The molecule has 6 heteroatoms. The van der Waals surface area contributed by atoms with Gasteiger partial charge in [0, 0.05) is 18.8 Å². The van der Waals surface area contributed by atoms with Gasteiger partial charge in [-0.2, -0.15) is 0 Å². The lowest BCUT2D eigenvalue weighted by atomic mass is 9.77. The van der Waals surface area contributed by atoms with Gasteiger partial charge in [0.1, 0.15) is 17.3 Å². The van der Waals surface area contributed by atoms with Gasteiger partial charge in [-0.15, -0.1) is 0 Å². The van der Waals surface area contributed by atoms with Crippen molar-refractivity contribution in [3.8, 4) is 22.6 Å². The van der Waals surface area contributed by atoms with E-state index >= 15 is 0 Å². The standard InChI is InChI=1S/C31H35FN2O3/c1-3-36-27-20-23(21-28(37-4-2)29(27)24-10-12-25(32)13-11-24)22-33-17-14-31(15-18-33)16-19-34(30(31)35)26-8-6-5-7-9-26/h5-13,20-21H,3-4,14-19,22H2,1-2H3. The number of hydrogen-bond acceptors (Lipinski definition) is 4. The lowest BCUT2D eigenvalue weighted by Crippen LogP contribution is -2.44. The molecule has 5 nitrogen and oxygen atoms in total. The highest BCUT2D eigenvalue weighted by Crippen LogP contribution is 2.44. The third-order valence-electron chi connectivity index (χ3n) is 7.66. The fraction of sp³-hybridized carbons (Fsp3) is 0.387. The summed E-state index contributed by atoms with van der Waals surface area (Å²) in [6.07, 6.45) is 2.67. The number of likely N-dealkylation sites (tertiary alicyclic amines) is 1. The summed E-state index contributed by atoms with van der Waals surface area (Å²) in [6, 6.07) is 20.6. The molecule has 0 radical (unpaired) electrons. The summed E-state index contributed by atoms with van der Waals surface area (Å²) in [6.45, 7) is 8.28. The van der Waals surface area contributed by atoms with E-state index < -0.39 is 0 Å². The first-order chi connectivity index (χ1) is 18.0. The fourth-order valence-corrected chi connectivity index (χ4v) is 5.71. The van der Waals surface area contributed by atoms with Gasteiger partial charge in [-0.1, -0.05) is 30.3 Å². The van der Waals surface area contributed by atoms with Crippen molar-refractivity contribution in [1.29, 1.82) is 0 Å². The smallest absolute Gasteiger partial charge is 0.233 e. The molecule has 2 aliphatic rings. The maximum absolute atomic E-state index is 13.6. The highest BCUT2D eigenvalue weighted by atomic mass is 19.1. The molecule has 0 unspecified atom stereocenters. The van der Waals surface area contributed by atoms with Crippen LogP contribution in [0.5, 0.6) is 11.5 Å². The predicted molar refractivity (Wildman–Crippen MR) is 145 cm³/mol. The molecule has 2 heterocycles. The second-order valence-electron chi connectivity index (χ2n) is 9.94. The molecule has 3 aromatic rings. The highest BCUT2D eigenvalue weighted by Gasteiger charge is 2.48. The van der Waals surface area contributed by atoms with Gasteiger partial charge < -0.3 is 14.4 Å². The zero-order valence-electron chi connectivity index (χ0n) is 21.7. The predicted octanol–water partition coefficient (Wildman–Crippen LogP) is 6.31. The Balaban J connectivity index is 1.32. The Bertz CT molecular complexity index is 1190. The van der Waals surface area contributed by atoms with Gasteiger partial charge in [0.25, 0.3) is 0 Å². The van der Waals surface area contributed by atoms with E-state index in [1.54, 1.807) is 12.1 Å². The summed E-state index contributed by atoms with van der Waals surface area (Å²) >= 11 is 0. The lowest BCUT2D eigenvalue weighted by Gasteiger charge is -2.38. The maximum atomic E-state index is 13.6. The molecule has 37 heavy (non-hydrogen) atoms. The molecule has 2 saturated heterocycles. The largest absolute Gasteiger partial charge is 0.493 e. The molecule has 0 aromatic heterocycles. The number of para-hydroxylation sites is 1. The van der Waals surface area contributed by atoms with Gasteiger partial charge in [0.15, 0.2) is 0 Å². The molecule has 0 N–H and O–H groups in total. The second-order valence-corrected chi connectivity index (χ2v) is 9.94. The first kappa shape index (κ1) is 25.3. The van der Waals surface area contributed by atoms with E-state index in [0.29, 0.717) is 13.2 Å². The number of carbonyl (C=O) groups excluding carboxylic acids is 1. The number of nitrogens with zero attached hydrogens (tertiary/aromatic N) is 2. The molecule has 5 rings (SSSR count). The Morgan fingerprint density at radius 2 is 1.43 bits per heavy atom. The van der Waals surface area contributed by atoms with Crippen molar-refractivity contribution in [3.63, 3.8) is 0 Å².